The molecule has 1 aromatic carbocycles. The molecule has 92 valence electrons. The average molecular weight is 302 g/mol. The van der Waals surface area contributed by atoms with Crippen molar-refractivity contribution in [1.82, 2.24) is 5.32 Å². The Labute approximate surface area is 107 Å². The van der Waals surface area contributed by atoms with E-state index in [0.29, 0.717) is 22.5 Å². The van der Waals surface area contributed by atoms with Crippen molar-refractivity contribution < 1.29 is 14.3 Å². The number of amides is 1. The Hall–Kier alpha value is -0.940. The first kappa shape index (κ1) is 12.5. The fourth-order valence-corrected chi connectivity index (χ4v) is 2.09. The summed E-state index contributed by atoms with van der Waals surface area (Å²) in [6, 6.07) is 4.28. The molecule has 3 nitrogen and oxygen atoms in total. The number of hydrogen-bond acceptors (Lipinski definition) is 2. The van der Waals surface area contributed by atoms with Crippen LogP contribution >= 0.6 is 15.9 Å². The van der Waals surface area contributed by atoms with E-state index in [1.54, 1.807) is 6.07 Å². The third-order valence-electron chi connectivity index (χ3n) is 2.94. The monoisotopic (exact) mass is 301 g/mol. The minimum absolute atomic E-state index is 0.220. The van der Waals surface area contributed by atoms with Crippen molar-refractivity contribution in [2.24, 2.45) is 5.92 Å². The van der Waals surface area contributed by atoms with Crippen LogP contribution in [0.3, 0.4) is 0 Å². The van der Waals surface area contributed by atoms with Gasteiger partial charge in [-0.25, -0.2) is 4.39 Å². The summed E-state index contributed by atoms with van der Waals surface area (Å²) in [4.78, 5) is 11.7. The van der Waals surface area contributed by atoms with Gasteiger partial charge in [0.25, 0.3) is 5.91 Å². The van der Waals surface area contributed by atoms with Gasteiger partial charge in [-0.3, -0.25) is 4.79 Å². The Morgan fingerprint density at radius 2 is 2.24 bits per heavy atom. The molecule has 0 aromatic heterocycles. The summed E-state index contributed by atoms with van der Waals surface area (Å²) < 4.78 is 13.6. The Balaban J connectivity index is 1.88. The fraction of sp³-hybridized carbons (Fsp3) is 0.417. The molecule has 2 rings (SSSR count). The summed E-state index contributed by atoms with van der Waals surface area (Å²) in [6.07, 6.45) is 1.24. The minimum Gasteiger partial charge on any atom is -0.393 e. The molecule has 5 heteroatoms. The van der Waals surface area contributed by atoms with E-state index >= 15 is 0 Å². The van der Waals surface area contributed by atoms with Gasteiger partial charge in [-0.1, -0.05) is 0 Å². The van der Waals surface area contributed by atoms with Crippen molar-refractivity contribution in [3.63, 3.8) is 0 Å². The molecule has 0 atom stereocenters. The highest BCUT2D eigenvalue weighted by Crippen LogP contribution is 2.26. The van der Waals surface area contributed by atoms with Crippen LogP contribution in [-0.2, 0) is 0 Å². The smallest absolute Gasteiger partial charge is 0.251 e. The highest BCUT2D eigenvalue weighted by atomic mass is 79.9. The van der Waals surface area contributed by atoms with Crippen LogP contribution in [-0.4, -0.2) is 23.7 Å². The lowest BCUT2D eigenvalue weighted by molar-refractivity contribution is 0.0420. The predicted octanol–water partition coefficient (Wildman–Crippen LogP) is 2.09. The van der Waals surface area contributed by atoms with Gasteiger partial charge in [-0.05, 0) is 52.9 Å². The van der Waals surface area contributed by atoms with E-state index in [0.717, 1.165) is 12.8 Å². The predicted molar refractivity (Wildman–Crippen MR) is 65.2 cm³/mol. The standard InChI is InChI=1S/C12H13BrFNO2/c13-10-2-1-8(5-11(10)14)12(17)15-6-7-3-9(16)4-7/h1-2,5,7,9,16H,3-4,6H2,(H,15,17). The molecule has 0 unspecified atom stereocenters. The number of hydrogen-bond donors (Lipinski definition) is 2. The topological polar surface area (TPSA) is 49.3 Å². The number of nitrogens with one attached hydrogen (secondary N) is 1. The van der Waals surface area contributed by atoms with Crippen LogP contribution in [0.15, 0.2) is 22.7 Å². The summed E-state index contributed by atoms with van der Waals surface area (Å²) in [5.41, 5.74) is 0.311. The average Bonchev–Trinajstić information content (AvgIpc) is 2.26. The van der Waals surface area contributed by atoms with E-state index in [2.05, 4.69) is 21.2 Å². The maximum Gasteiger partial charge on any atom is 0.251 e. The summed E-state index contributed by atoms with van der Waals surface area (Å²) >= 11 is 3.03. The molecule has 1 saturated carbocycles. The third-order valence-corrected chi connectivity index (χ3v) is 3.59. The Morgan fingerprint density at radius 3 is 2.82 bits per heavy atom. The molecule has 1 aliphatic carbocycles. The van der Waals surface area contributed by atoms with Crippen molar-refractivity contribution in [1.29, 1.82) is 0 Å². The van der Waals surface area contributed by atoms with E-state index in [4.69, 9.17) is 5.11 Å². The van der Waals surface area contributed by atoms with Crippen molar-refractivity contribution in [2.45, 2.75) is 18.9 Å². The van der Waals surface area contributed by atoms with Gasteiger partial charge in [0.05, 0.1) is 10.6 Å². The second-order valence-corrected chi connectivity index (χ2v) is 5.18. The molecule has 1 fully saturated rings. The van der Waals surface area contributed by atoms with E-state index in [1.807, 2.05) is 0 Å². The summed E-state index contributed by atoms with van der Waals surface area (Å²) in [5.74, 6) is -0.385. The van der Waals surface area contributed by atoms with Gasteiger partial charge in [-0.2, -0.15) is 0 Å². The van der Waals surface area contributed by atoms with Gasteiger partial charge >= 0.3 is 0 Å². The zero-order valence-corrected chi connectivity index (χ0v) is 10.7. The number of aliphatic hydroxyl groups excluding tert-OH is 1. The number of carbonyl (C=O) groups is 1. The number of carbonyl (C=O) groups excluding carboxylic acids is 1. The zero-order chi connectivity index (χ0) is 12.4. The maximum absolute atomic E-state index is 13.2. The van der Waals surface area contributed by atoms with Crippen LogP contribution in [0, 0.1) is 11.7 Å². The Morgan fingerprint density at radius 1 is 1.53 bits per heavy atom. The van der Waals surface area contributed by atoms with Gasteiger partial charge < -0.3 is 10.4 Å². The Bertz CT molecular complexity index is 433. The first-order valence-electron chi connectivity index (χ1n) is 5.47. The summed E-state index contributed by atoms with van der Waals surface area (Å²) in [5, 5.41) is 11.8. The number of aliphatic hydroxyl groups is 1. The maximum atomic E-state index is 13.2. The van der Waals surface area contributed by atoms with Crippen LogP contribution in [0.25, 0.3) is 0 Å². The zero-order valence-electron chi connectivity index (χ0n) is 9.12. The molecule has 0 saturated heterocycles. The molecule has 1 aliphatic rings. The molecule has 0 bridgehead atoms. The lowest BCUT2D eigenvalue weighted by Crippen LogP contribution is -2.38. The summed E-state index contributed by atoms with van der Waals surface area (Å²) in [6.45, 7) is 0.535. The normalized spacial score (nSPS) is 23.0. The summed E-state index contributed by atoms with van der Waals surface area (Å²) in [7, 11) is 0. The number of benzene rings is 1. The van der Waals surface area contributed by atoms with E-state index in [1.165, 1.54) is 12.1 Å². The molecular formula is C12H13BrFNO2. The fourth-order valence-electron chi connectivity index (χ4n) is 1.84. The van der Waals surface area contributed by atoms with E-state index < -0.39 is 5.82 Å². The lowest BCUT2D eigenvalue weighted by atomic mass is 9.82. The molecule has 0 aliphatic heterocycles. The molecule has 17 heavy (non-hydrogen) atoms. The first-order chi connectivity index (χ1) is 8.06. The van der Waals surface area contributed by atoms with Crippen molar-refractivity contribution in [3.05, 3.63) is 34.1 Å². The lowest BCUT2D eigenvalue weighted by Gasteiger charge is -2.31. The van der Waals surface area contributed by atoms with Gasteiger partial charge in [0.2, 0.25) is 0 Å². The third kappa shape index (κ3) is 3.04. The van der Waals surface area contributed by atoms with E-state index in [9.17, 15) is 9.18 Å². The second-order valence-electron chi connectivity index (χ2n) is 4.33. The largest absolute Gasteiger partial charge is 0.393 e. The van der Waals surface area contributed by atoms with Gasteiger partial charge in [0.1, 0.15) is 5.82 Å². The van der Waals surface area contributed by atoms with Crippen LogP contribution in [0.4, 0.5) is 4.39 Å². The second kappa shape index (κ2) is 5.14. The molecule has 1 aromatic rings. The van der Waals surface area contributed by atoms with Crippen molar-refractivity contribution in [2.75, 3.05) is 6.54 Å². The van der Waals surface area contributed by atoms with Gasteiger partial charge in [0.15, 0.2) is 0 Å². The van der Waals surface area contributed by atoms with Crippen LogP contribution in [0.1, 0.15) is 23.2 Å². The van der Waals surface area contributed by atoms with Crippen molar-refractivity contribution >= 4 is 21.8 Å². The Kier molecular flexibility index (Phi) is 3.79. The molecule has 0 radical (unpaired) electrons. The highest BCUT2D eigenvalue weighted by Gasteiger charge is 2.27. The minimum atomic E-state index is -0.447. The molecule has 0 spiro atoms. The van der Waals surface area contributed by atoms with Gasteiger partial charge in [0, 0.05) is 12.1 Å². The SMILES string of the molecule is O=C(NCC1CC(O)C1)c1ccc(Br)c(F)c1. The van der Waals surface area contributed by atoms with E-state index in [-0.39, 0.29) is 12.0 Å². The van der Waals surface area contributed by atoms with Gasteiger partial charge in [-0.15, -0.1) is 0 Å². The van der Waals surface area contributed by atoms with Crippen LogP contribution < -0.4 is 5.32 Å². The van der Waals surface area contributed by atoms with Crippen LogP contribution in [0.5, 0.6) is 0 Å². The molecule has 1 amide bonds. The van der Waals surface area contributed by atoms with Crippen molar-refractivity contribution in [3.8, 4) is 0 Å². The van der Waals surface area contributed by atoms with Crippen LogP contribution in [0.2, 0.25) is 0 Å². The highest BCUT2D eigenvalue weighted by molar-refractivity contribution is 9.10. The molecule has 0 heterocycles. The number of rotatable bonds is 3. The quantitative estimate of drug-likeness (QED) is 0.898. The molecular weight excluding hydrogens is 289 g/mol. The first-order valence-corrected chi connectivity index (χ1v) is 6.27. The molecule has 2 N–H and O–H groups in total. The number of halogens is 2.